The molecule has 0 saturated carbocycles. The van der Waals surface area contributed by atoms with Gasteiger partial charge in [0, 0.05) is 43.8 Å². The molecule has 1 N–H and O–H groups in total. The molecule has 0 aliphatic rings. The fourth-order valence-electron chi connectivity index (χ4n) is 2.86. The number of nitrogens with one attached hydrogen (secondary N) is 1. The lowest BCUT2D eigenvalue weighted by Gasteiger charge is -2.28. The molecule has 26 heavy (non-hydrogen) atoms. The fraction of sp³-hybridized carbons (Fsp3) is 0.222. The first-order chi connectivity index (χ1) is 12.5. The average molecular weight is 353 g/mol. The van der Waals surface area contributed by atoms with Crippen LogP contribution in [0.3, 0.4) is 0 Å². The molecule has 0 saturated heterocycles. The van der Waals surface area contributed by atoms with Gasteiger partial charge in [-0.1, -0.05) is 18.2 Å². The molecule has 0 bridgehead atoms. The van der Waals surface area contributed by atoms with Gasteiger partial charge < -0.3 is 19.6 Å². The third-order valence-corrected chi connectivity index (χ3v) is 4.34. The Kier molecular flexibility index (Phi) is 4.83. The van der Waals surface area contributed by atoms with E-state index in [1.165, 1.54) is 23.2 Å². The number of benzene rings is 1. The molecule has 134 valence electrons. The molecule has 0 aliphatic heterocycles. The number of fused-ring (bicyclic) bond motifs is 1. The molecule has 3 aromatic rings. The zero-order chi connectivity index (χ0) is 18.7. The van der Waals surface area contributed by atoms with Gasteiger partial charge in [0.05, 0.1) is 4.92 Å². The number of hydrogen-bond donors (Lipinski definition) is 1. The number of aromatic nitrogens is 2. The predicted octanol–water partition coefficient (Wildman–Crippen LogP) is 2.61. The number of H-pyrrole nitrogens is 1. The van der Waals surface area contributed by atoms with Crippen LogP contribution in [0.5, 0.6) is 0 Å². The van der Waals surface area contributed by atoms with Crippen molar-refractivity contribution in [3.8, 4) is 0 Å². The van der Waals surface area contributed by atoms with Crippen LogP contribution in [0.2, 0.25) is 0 Å². The van der Waals surface area contributed by atoms with Crippen LogP contribution < -0.4 is 9.80 Å². The summed E-state index contributed by atoms with van der Waals surface area (Å²) in [6, 6.07) is 12.2. The van der Waals surface area contributed by atoms with Crippen LogP contribution in [-0.2, 0) is 4.79 Å². The van der Waals surface area contributed by atoms with E-state index < -0.39 is 11.0 Å². The minimum absolute atomic E-state index is 0.130. The average Bonchev–Trinajstić information content (AvgIpc) is 3.09. The quantitative estimate of drug-likeness (QED) is 0.398. The molecule has 0 fully saturated rings. The fourth-order valence-corrected chi connectivity index (χ4v) is 2.86. The highest BCUT2D eigenvalue weighted by Crippen LogP contribution is 2.26. The maximum atomic E-state index is 11.7. The first-order valence-corrected chi connectivity index (χ1v) is 8.07. The van der Waals surface area contributed by atoms with E-state index in [0.29, 0.717) is 6.54 Å². The summed E-state index contributed by atoms with van der Waals surface area (Å²) in [6.45, 7) is 0.348. The van der Waals surface area contributed by atoms with Crippen molar-refractivity contribution in [3.63, 3.8) is 0 Å². The van der Waals surface area contributed by atoms with Gasteiger partial charge in [-0.25, -0.2) is 4.98 Å². The van der Waals surface area contributed by atoms with Gasteiger partial charge in [-0.2, -0.15) is 0 Å². The highest BCUT2D eigenvalue weighted by atomic mass is 16.6. The molecule has 8 nitrogen and oxygen atoms in total. The zero-order valence-corrected chi connectivity index (χ0v) is 14.5. The summed E-state index contributed by atoms with van der Waals surface area (Å²) in [5.41, 5.74) is 0.876. The van der Waals surface area contributed by atoms with Crippen molar-refractivity contribution in [1.82, 2.24) is 9.97 Å². The summed E-state index contributed by atoms with van der Waals surface area (Å²) in [7, 11) is 3.50. The Morgan fingerprint density at radius 2 is 2.04 bits per heavy atom. The number of para-hydroxylation sites is 1. The highest BCUT2D eigenvalue weighted by molar-refractivity contribution is 5.84. The molecule has 3 rings (SSSR count). The lowest BCUT2D eigenvalue weighted by atomic mass is 10.2. The number of aldehydes is 1. The monoisotopic (exact) mass is 353 g/mol. The summed E-state index contributed by atoms with van der Waals surface area (Å²) in [5.74, 6) is 1.03. The third-order valence-electron chi connectivity index (χ3n) is 4.34. The number of carbonyl (C=O) groups excluding carboxylic acids is 1. The van der Waals surface area contributed by atoms with Gasteiger partial charge in [0.1, 0.15) is 18.1 Å². The number of pyridine rings is 1. The number of nitro groups is 1. The molecule has 2 heterocycles. The van der Waals surface area contributed by atoms with Crippen molar-refractivity contribution < 1.29 is 9.72 Å². The van der Waals surface area contributed by atoms with E-state index in [1.54, 1.807) is 7.05 Å². The van der Waals surface area contributed by atoms with Gasteiger partial charge in [0.15, 0.2) is 0 Å². The molecule has 0 amide bonds. The summed E-state index contributed by atoms with van der Waals surface area (Å²) in [5, 5.41) is 12.3. The number of nitrogens with zero attached hydrogens (tertiary/aromatic N) is 4. The van der Waals surface area contributed by atoms with Crippen LogP contribution >= 0.6 is 0 Å². The lowest BCUT2D eigenvalue weighted by molar-refractivity contribution is -0.384. The molecular weight excluding hydrogens is 334 g/mol. The molecule has 1 aromatic carbocycles. The van der Waals surface area contributed by atoms with Crippen LogP contribution in [0.25, 0.3) is 10.9 Å². The van der Waals surface area contributed by atoms with E-state index in [0.717, 1.165) is 23.0 Å². The SMILES string of the molecule is CN(CC(C=O)N(C)c1ncccc1[N+](=O)[O-])c1cc2ccccc2[nH]1. The van der Waals surface area contributed by atoms with Crippen molar-refractivity contribution in [2.24, 2.45) is 0 Å². The Bertz CT molecular complexity index is 906. The second kappa shape index (κ2) is 7.22. The molecule has 0 aliphatic carbocycles. The molecule has 0 radical (unpaired) electrons. The molecule has 1 atom stereocenters. The second-order valence-corrected chi connectivity index (χ2v) is 6.04. The molecule has 0 spiro atoms. The second-order valence-electron chi connectivity index (χ2n) is 6.04. The first kappa shape index (κ1) is 17.4. The number of hydrogen-bond acceptors (Lipinski definition) is 6. The van der Waals surface area contributed by atoms with E-state index in [9.17, 15) is 14.9 Å². The molecule has 2 aromatic heterocycles. The Balaban J connectivity index is 1.82. The third kappa shape index (κ3) is 3.34. The van der Waals surface area contributed by atoms with Crippen LogP contribution in [0.4, 0.5) is 17.3 Å². The van der Waals surface area contributed by atoms with Crippen molar-refractivity contribution in [2.75, 3.05) is 30.4 Å². The first-order valence-electron chi connectivity index (χ1n) is 8.07. The van der Waals surface area contributed by atoms with Crippen LogP contribution in [-0.4, -0.2) is 47.9 Å². The van der Waals surface area contributed by atoms with Crippen molar-refractivity contribution in [1.29, 1.82) is 0 Å². The molecule has 8 heteroatoms. The van der Waals surface area contributed by atoms with Gasteiger partial charge in [-0.3, -0.25) is 10.1 Å². The zero-order valence-electron chi connectivity index (χ0n) is 14.5. The normalized spacial score (nSPS) is 11.9. The standard InChI is InChI=1S/C18H19N5O3/c1-21(17-10-13-6-3-4-7-15(13)20-17)11-14(12-24)22(2)18-16(23(25)26)8-5-9-19-18/h3-10,12,14,20H,11H2,1-2H3. The number of anilines is 2. The highest BCUT2D eigenvalue weighted by Gasteiger charge is 2.25. The van der Waals surface area contributed by atoms with Crippen molar-refractivity contribution in [3.05, 3.63) is 58.8 Å². The van der Waals surface area contributed by atoms with Gasteiger partial charge in [-0.15, -0.1) is 0 Å². The van der Waals surface area contributed by atoms with Crippen LogP contribution in [0, 0.1) is 10.1 Å². The van der Waals surface area contributed by atoms with E-state index in [-0.39, 0.29) is 11.5 Å². The Hall–Kier alpha value is -3.42. The minimum atomic E-state index is -0.597. The van der Waals surface area contributed by atoms with Gasteiger partial charge >= 0.3 is 5.69 Å². The summed E-state index contributed by atoms with van der Waals surface area (Å²) < 4.78 is 0. The number of likely N-dealkylation sites (N-methyl/N-ethyl adjacent to an activating group) is 2. The smallest absolute Gasteiger partial charge is 0.311 e. The minimum Gasteiger partial charge on any atom is -0.359 e. The molecular formula is C18H19N5O3. The Morgan fingerprint density at radius 1 is 1.27 bits per heavy atom. The van der Waals surface area contributed by atoms with Gasteiger partial charge in [0.25, 0.3) is 0 Å². The maximum Gasteiger partial charge on any atom is 0.311 e. The van der Waals surface area contributed by atoms with E-state index in [1.807, 2.05) is 42.3 Å². The van der Waals surface area contributed by atoms with E-state index in [2.05, 4.69) is 9.97 Å². The van der Waals surface area contributed by atoms with Crippen molar-refractivity contribution in [2.45, 2.75) is 6.04 Å². The predicted molar refractivity (Wildman–Crippen MR) is 101 cm³/mol. The van der Waals surface area contributed by atoms with Gasteiger partial charge in [0.2, 0.25) is 5.82 Å². The topological polar surface area (TPSA) is 95.4 Å². The Labute approximate surface area is 150 Å². The summed E-state index contributed by atoms with van der Waals surface area (Å²) in [4.78, 5) is 33.2. The lowest BCUT2D eigenvalue weighted by Crippen LogP contribution is -2.43. The summed E-state index contributed by atoms with van der Waals surface area (Å²) >= 11 is 0. The molecule has 1 unspecified atom stereocenters. The Morgan fingerprint density at radius 3 is 2.73 bits per heavy atom. The summed E-state index contributed by atoms with van der Waals surface area (Å²) in [6.07, 6.45) is 2.25. The van der Waals surface area contributed by atoms with Crippen LogP contribution in [0.15, 0.2) is 48.7 Å². The van der Waals surface area contributed by atoms with Crippen molar-refractivity contribution >= 4 is 34.5 Å². The van der Waals surface area contributed by atoms with E-state index in [4.69, 9.17) is 0 Å². The number of rotatable bonds is 7. The number of carbonyl (C=O) groups is 1. The number of aromatic amines is 1. The van der Waals surface area contributed by atoms with Crippen LogP contribution in [0.1, 0.15) is 0 Å². The largest absolute Gasteiger partial charge is 0.359 e. The maximum absolute atomic E-state index is 11.7. The van der Waals surface area contributed by atoms with Gasteiger partial charge in [-0.05, 0) is 18.2 Å². The van der Waals surface area contributed by atoms with E-state index >= 15 is 0 Å².